The van der Waals surface area contributed by atoms with E-state index in [1.54, 1.807) is 0 Å². The highest BCUT2D eigenvalue weighted by molar-refractivity contribution is 5.79. The molecule has 3 heteroatoms. The third kappa shape index (κ3) is 2.34. The van der Waals surface area contributed by atoms with Gasteiger partial charge in [-0.1, -0.05) is 24.3 Å². The van der Waals surface area contributed by atoms with Crippen LogP contribution in [0.5, 0.6) is 0 Å². The molecule has 1 amide bonds. The summed E-state index contributed by atoms with van der Waals surface area (Å²) in [5.74, 6) is 0.129. The molecule has 3 rings (SSSR count). The summed E-state index contributed by atoms with van der Waals surface area (Å²) in [5.41, 5.74) is 8.32. The first kappa shape index (κ1) is 10.8. The van der Waals surface area contributed by atoms with Crippen molar-refractivity contribution in [1.82, 2.24) is 5.32 Å². The van der Waals surface area contributed by atoms with Crippen molar-refractivity contribution in [3.8, 4) is 0 Å². The molecule has 90 valence electrons. The van der Waals surface area contributed by atoms with Gasteiger partial charge in [-0.15, -0.1) is 0 Å². The van der Waals surface area contributed by atoms with Gasteiger partial charge >= 0.3 is 0 Å². The SMILES string of the molecule is NC1(c2ccccc2CC(=O)NC2CC2)CC1. The van der Waals surface area contributed by atoms with Crippen LogP contribution in [0.3, 0.4) is 0 Å². The molecule has 0 bridgehead atoms. The largest absolute Gasteiger partial charge is 0.353 e. The van der Waals surface area contributed by atoms with Gasteiger partial charge in [0, 0.05) is 11.6 Å². The summed E-state index contributed by atoms with van der Waals surface area (Å²) < 4.78 is 0. The van der Waals surface area contributed by atoms with E-state index in [1.165, 1.54) is 0 Å². The smallest absolute Gasteiger partial charge is 0.224 e. The molecule has 1 aromatic carbocycles. The normalized spacial score (nSPS) is 21.0. The van der Waals surface area contributed by atoms with E-state index in [0.717, 1.165) is 36.8 Å². The van der Waals surface area contributed by atoms with Crippen LogP contribution in [0.2, 0.25) is 0 Å². The predicted molar refractivity (Wildman–Crippen MR) is 66.4 cm³/mol. The van der Waals surface area contributed by atoms with Gasteiger partial charge in [-0.25, -0.2) is 0 Å². The van der Waals surface area contributed by atoms with Gasteiger partial charge in [0.05, 0.1) is 6.42 Å². The van der Waals surface area contributed by atoms with Gasteiger partial charge in [0.25, 0.3) is 0 Å². The van der Waals surface area contributed by atoms with Gasteiger partial charge in [-0.2, -0.15) is 0 Å². The van der Waals surface area contributed by atoms with E-state index >= 15 is 0 Å². The van der Waals surface area contributed by atoms with E-state index in [2.05, 4.69) is 11.4 Å². The maximum Gasteiger partial charge on any atom is 0.224 e. The predicted octanol–water partition coefficient (Wildman–Crippen LogP) is 1.46. The molecular weight excluding hydrogens is 212 g/mol. The summed E-state index contributed by atoms with van der Waals surface area (Å²) in [7, 11) is 0. The van der Waals surface area contributed by atoms with Gasteiger partial charge in [-0.05, 0) is 36.8 Å². The van der Waals surface area contributed by atoms with Crippen LogP contribution in [0.15, 0.2) is 24.3 Å². The summed E-state index contributed by atoms with van der Waals surface area (Å²) in [5, 5.41) is 3.02. The molecule has 0 atom stereocenters. The summed E-state index contributed by atoms with van der Waals surface area (Å²) in [6.07, 6.45) is 4.80. The van der Waals surface area contributed by atoms with E-state index in [1.807, 2.05) is 18.2 Å². The van der Waals surface area contributed by atoms with E-state index in [0.29, 0.717) is 12.5 Å². The first-order chi connectivity index (χ1) is 8.17. The van der Waals surface area contributed by atoms with Crippen molar-refractivity contribution in [2.75, 3.05) is 0 Å². The molecule has 2 aliphatic rings. The number of amides is 1. The molecule has 0 spiro atoms. The van der Waals surface area contributed by atoms with Crippen molar-refractivity contribution >= 4 is 5.91 Å². The van der Waals surface area contributed by atoms with Crippen LogP contribution < -0.4 is 11.1 Å². The number of rotatable bonds is 4. The van der Waals surface area contributed by atoms with Crippen LogP contribution in [0.1, 0.15) is 36.8 Å². The number of benzene rings is 1. The lowest BCUT2D eigenvalue weighted by Crippen LogP contribution is -2.29. The van der Waals surface area contributed by atoms with Crippen LogP contribution in [-0.4, -0.2) is 11.9 Å². The monoisotopic (exact) mass is 230 g/mol. The summed E-state index contributed by atoms with van der Waals surface area (Å²) in [4.78, 5) is 11.8. The van der Waals surface area contributed by atoms with Crippen molar-refractivity contribution in [2.45, 2.75) is 43.7 Å². The molecule has 0 saturated heterocycles. The Hall–Kier alpha value is -1.35. The number of nitrogens with two attached hydrogens (primary N) is 1. The van der Waals surface area contributed by atoms with Crippen molar-refractivity contribution < 1.29 is 4.79 Å². The molecule has 2 aliphatic carbocycles. The highest BCUT2D eigenvalue weighted by Crippen LogP contribution is 2.44. The summed E-state index contributed by atoms with van der Waals surface area (Å²) in [6, 6.07) is 8.50. The van der Waals surface area contributed by atoms with Crippen molar-refractivity contribution in [2.24, 2.45) is 5.73 Å². The Morgan fingerprint density at radius 3 is 2.71 bits per heavy atom. The Bertz CT molecular complexity index is 447. The maximum absolute atomic E-state index is 11.8. The zero-order valence-electron chi connectivity index (χ0n) is 9.91. The van der Waals surface area contributed by atoms with Crippen molar-refractivity contribution in [1.29, 1.82) is 0 Å². The minimum absolute atomic E-state index is 0.129. The molecule has 0 heterocycles. The second kappa shape index (κ2) is 3.84. The fourth-order valence-corrected chi connectivity index (χ4v) is 2.24. The first-order valence-electron chi connectivity index (χ1n) is 6.34. The molecular formula is C14H18N2O. The molecule has 0 radical (unpaired) electrons. The third-order valence-corrected chi connectivity index (χ3v) is 3.64. The number of nitrogens with one attached hydrogen (secondary N) is 1. The highest BCUT2D eigenvalue weighted by atomic mass is 16.1. The summed E-state index contributed by atoms with van der Waals surface area (Å²) in [6.45, 7) is 0. The van der Waals surface area contributed by atoms with Crippen LogP contribution in [0.25, 0.3) is 0 Å². The lowest BCUT2D eigenvalue weighted by Gasteiger charge is -2.14. The molecule has 2 saturated carbocycles. The van der Waals surface area contributed by atoms with Crippen molar-refractivity contribution in [3.63, 3.8) is 0 Å². The van der Waals surface area contributed by atoms with E-state index in [4.69, 9.17) is 5.73 Å². The molecule has 3 N–H and O–H groups in total. The zero-order valence-corrected chi connectivity index (χ0v) is 9.91. The summed E-state index contributed by atoms with van der Waals surface area (Å²) >= 11 is 0. The quantitative estimate of drug-likeness (QED) is 0.822. The molecule has 1 aromatic rings. The van der Waals surface area contributed by atoms with Crippen LogP contribution in [-0.2, 0) is 16.8 Å². The number of carbonyl (C=O) groups is 1. The Balaban J connectivity index is 1.75. The highest BCUT2D eigenvalue weighted by Gasteiger charge is 2.41. The lowest BCUT2D eigenvalue weighted by molar-refractivity contribution is -0.120. The van der Waals surface area contributed by atoms with E-state index < -0.39 is 0 Å². The standard InChI is InChI=1S/C14H18N2O/c15-14(7-8-14)12-4-2-1-3-10(12)9-13(17)16-11-5-6-11/h1-4,11H,5-9,15H2,(H,16,17). The van der Waals surface area contributed by atoms with E-state index in [-0.39, 0.29) is 11.4 Å². The molecule has 0 aromatic heterocycles. The maximum atomic E-state index is 11.8. The molecule has 0 aliphatic heterocycles. The average Bonchev–Trinajstić information content (AvgIpc) is 3.19. The van der Waals surface area contributed by atoms with Crippen LogP contribution in [0, 0.1) is 0 Å². The second-order valence-electron chi connectivity index (χ2n) is 5.33. The number of hydrogen-bond donors (Lipinski definition) is 2. The average molecular weight is 230 g/mol. The molecule has 0 unspecified atom stereocenters. The van der Waals surface area contributed by atoms with Crippen LogP contribution >= 0.6 is 0 Å². The van der Waals surface area contributed by atoms with Crippen LogP contribution in [0.4, 0.5) is 0 Å². The van der Waals surface area contributed by atoms with Gasteiger partial charge in [0.1, 0.15) is 0 Å². The fourth-order valence-electron chi connectivity index (χ4n) is 2.24. The van der Waals surface area contributed by atoms with Gasteiger partial charge in [-0.3, -0.25) is 4.79 Å². The Morgan fingerprint density at radius 1 is 1.35 bits per heavy atom. The Morgan fingerprint density at radius 2 is 2.06 bits per heavy atom. The zero-order chi connectivity index (χ0) is 11.9. The minimum Gasteiger partial charge on any atom is -0.353 e. The number of carbonyl (C=O) groups excluding carboxylic acids is 1. The third-order valence-electron chi connectivity index (χ3n) is 3.64. The lowest BCUT2D eigenvalue weighted by atomic mass is 9.97. The fraction of sp³-hybridized carbons (Fsp3) is 0.500. The van der Waals surface area contributed by atoms with E-state index in [9.17, 15) is 4.79 Å². The topological polar surface area (TPSA) is 55.1 Å². The minimum atomic E-state index is -0.156. The van der Waals surface area contributed by atoms with Crippen molar-refractivity contribution in [3.05, 3.63) is 35.4 Å². The van der Waals surface area contributed by atoms with Gasteiger partial charge < -0.3 is 11.1 Å². The Labute approximate surface area is 101 Å². The molecule has 2 fully saturated rings. The first-order valence-corrected chi connectivity index (χ1v) is 6.34. The van der Waals surface area contributed by atoms with Gasteiger partial charge in [0.2, 0.25) is 5.91 Å². The second-order valence-corrected chi connectivity index (χ2v) is 5.33. The molecule has 17 heavy (non-hydrogen) atoms. The Kier molecular flexibility index (Phi) is 2.44. The van der Waals surface area contributed by atoms with Gasteiger partial charge in [0.15, 0.2) is 0 Å². The number of hydrogen-bond acceptors (Lipinski definition) is 2. The molecule has 3 nitrogen and oxygen atoms in total.